The van der Waals surface area contributed by atoms with Crippen LogP contribution in [0.4, 0.5) is 0 Å². The van der Waals surface area contributed by atoms with Crippen LogP contribution in [-0.4, -0.2) is 0 Å². The smallest absolute Gasteiger partial charge is 0.0184 e. The Balaban J connectivity index is 2.60. The first kappa shape index (κ1) is 7.85. The summed E-state index contributed by atoms with van der Waals surface area (Å²) in [5.41, 5.74) is 6.19. The summed E-state index contributed by atoms with van der Waals surface area (Å²) in [6.45, 7) is 6.80. The summed E-state index contributed by atoms with van der Waals surface area (Å²) < 4.78 is 0. The van der Waals surface area contributed by atoms with Crippen LogP contribution in [0.5, 0.6) is 0 Å². The zero-order chi connectivity index (χ0) is 8.72. The zero-order valence-electron chi connectivity index (χ0n) is 8.15. The minimum atomic E-state index is 0.791. The molecule has 2 rings (SSSR count). The molecule has 1 aliphatic rings. The summed E-state index contributed by atoms with van der Waals surface area (Å²) in [6, 6.07) is 4.57. The first-order valence-corrected chi connectivity index (χ1v) is 4.79. The number of aryl methyl sites for hydroxylation is 1. The largest absolute Gasteiger partial charge is 0.0588 e. The molecule has 0 spiro atoms. The Kier molecular flexibility index (Phi) is 1.71. The summed E-state index contributed by atoms with van der Waals surface area (Å²) in [5, 5.41) is 0. The van der Waals surface area contributed by atoms with E-state index in [9.17, 15) is 0 Å². The van der Waals surface area contributed by atoms with Crippen molar-refractivity contribution < 1.29 is 0 Å². The van der Waals surface area contributed by atoms with Crippen LogP contribution in [0.15, 0.2) is 12.1 Å². The monoisotopic (exact) mass is 160 g/mol. The van der Waals surface area contributed by atoms with Gasteiger partial charge in [0, 0.05) is 0 Å². The molecule has 12 heavy (non-hydrogen) atoms. The Labute approximate surface area is 74.6 Å². The topological polar surface area (TPSA) is 0 Å². The highest BCUT2D eigenvalue weighted by molar-refractivity contribution is 5.44. The molecule has 1 aromatic carbocycles. The van der Waals surface area contributed by atoms with Crippen LogP contribution >= 0.6 is 0 Å². The lowest BCUT2D eigenvalue weighted by Crippen LogP contribution is -1.91. The third-order valence-corrected chi connectivity index (χ3v) is 3.26. The van der Waals surface area contributed by atoms with Crippen LogP contribution in [0.3, 0.4) is 0 Å². The lowest BCUT2D eigenvalue weighted by Gasteiger charge is -2.08. The highest BCUT2D eigenvalue weighted by Gasteiger charge is 2.19. The maximum absolute atomic E-state index is 2.33. The van der Waals surface area contributed by atoms with Crippen molar-refractivity contribution in [2.45, 2.75) is 39.5 Å². The molecule has 1 aromatic rings. The fourth-order valence-electron chi connectivity index (χ4n) is 2.20. The maximum Gasteiger partial charge on any atom is -0.0184 e. The molecule has 0 nitrogen and oxygen atoms in total. The number of rotatable bonds is 0. The van der Waals surface area contributed by atoms with Crippen molar-refractivity contribution in [1.29, 1.82) is 0 Å². The van der Waals surface area contributed by atoms with Crippen molar-refractivity contribution >= 4 is 0 Å². The standard InChI is InChI=1S/C12H16/c1-8-4-6-11-9(2)5-7-12(11)10(8)3/h4,6,9H,5,7H2,1-3H3. The van der Waals surface area contributed by atoms with Crippen LogP contribution < -0.4 is 0 Å². The quantitative estimate of drug-likeness (QED) is 0.546. The molecule has 0 heteroatoms. The average molecular weight is 160 g/mol. The minimum Gasteiger partial charge on any atom is -0.0588 e. The highest BCUT2D eigenvalue weighted by atomic mass is 14.2. The molecular formula is C12H16. The first-order valence-electron chi connectivity index (χ1n) is 4.79. The van der Waals surface area contributed by atoms with E-state index in [0.717, 1.165) is 5.92 Å². The van der Waals surface area contributed by atoms with Crippen molar-refractivity contribution in [2.75, 3.05) is 0 Å². The van der Waals surface area contributed by atoms with Crippen molar-refractivity contribution in [3.8, 4) is 0 Å². The van der Waals surface area contributed by atoms with Gasteiger partial charge in [-0.2, -0.15) is 0 Å². The molecular weight excluding hydrogens is 144 g/mol. The van der Waals surface area contributed by atoms with Crippen molar-refractivity contribution in [1.82, 2.24) is 0 Å². The molecule has 0 N–H and O–H groups in total. The van der Waals surface area contributed by atoms with Crippen molar-refractivity contribution in [2.24, 2.45) is 0 Å². The normalized spacial score (nSPS) is 21.1. The summed E-state index contributed by atoms with van der Waals surface area (Å²) in [6.07, 6.45) is 2.64. The lowest BCUT2D eigenvalue weighted by molar-refractivity contribution is 0.747. The van der Waals surface area contributed by atoms with Crippen molar-refractivity contribution in [3.63, 3.8) is 0 Å². The number of benzene rings is 1. The summed E-state index contributed by atoms with van der Waals surface area (Å²) in [7, 11) is 0. The van der Waals surface area contributed by atoms with Crippen LogP contribution in [0.2, 0.25) is 0 Å². The second-order valence-corrected chi connectivity index (χ2v) is 4.01. The molecule has 0 aromatic heterocycles. The third kappa shape index (κ3) is 0.979. The van der Waals surface area contributed by atoms with E-state index in [4.69, 9.17) is 0 Å². The Morgan fingerprint density at radius 1 is 1.25 bits per heavy atom. The molecule has 0 saturated heterocycles. The zero-order valence-corrected chi connectivity index (χ0v) is 8.15. The predicted molar refractivity (Wildman–Crippen MR) is 52.7 cm³/mol. The Hall–Kier alpha value is -0.780. The number of hydrogen-bond donors (Lipinski definition) is 0. The number of fused-ring (bicyclic) bond motifs is 1. The highest BCUT2D eigenvalue weighted by Crippen LogP contribution is 2.35. The third-order valence-electron chi connectivity index (χ3n) is 3.26. The molecule has 64 valence electrons. The van der Waals surface area contributed by atoms with Crippen LogP contribution in [0, 0.1) is 13.8 Å². The molecule has 1 unspecified atom stereocenters. The molecule has 0 heterocycles. The van der Waals surface area contributed by atoms with Crippen LogP contribution in [-0.2, 0) is 6.42 Å². The second-order valence-electron chi connectivity index (χ2n) is 4.01. The van der Waals surface area contributed by atoms with Crippen LogP contribution in [0.1, 0.15) is 41.5 Å². The van der Waals surface area contributed by atoms with Gasteiger partial charge in [-0.15, -0.1) is 0 Å². The lowest BCUT2D eigenvalue weighted by atomic mass is 9.97. The molecule has 0 bridgehead atoms. The van der Waals surface area contributed by atoms with E-state index in [1.54, 1.807) is 11.1 Å². The van der Waals surface area contributed by atoms with E-state index in [0.29, 0.717) is 0 Å². The van der Waals surface area contributed by atoms with Gasteiger partial charge in [-0.25, -0.2) is 0 Å². The Morgan fingerprint density at radius 3 is 2.75 bits per heavy atom. The summed E-state index contributed by atoms with van der Waals surface area (Å²) in [5.74, 6) is 0.791. The number of hydrogen-bond acceptors (Lipinski definition) is 0. The Morgan fingerprint density at radius 2 is 2.00 bits per heavy atom. The van der Waals surface area contributed by atoms with E-state index < -0.39 is 0 Å². The van der Waals surface area contributed by atoms with Crippen LogP contribution in [0.25, 0.3) is 0 Å². The van der Waals surface area contributed by atoms with Gasteiger partial charge in [0.25, 0.3) is 0 Å². The van der Waals surface area contributed by atoms with Gasteiger partial charge in [-0.05, 0) is 54.9 Å². The van der Waals surface area contributed by atoms with Crippen molar-refractivity contribution in [3.05, 3.63) is 34.4 Å². The van der Waals surface area contributed by atoms with Gasteiger partial charge < -0.3 is 0 Å². The molecule has 0 fully saturated rings. The van der Waals surface area contributed by atoms with E-state index in [2.05, 4.69) is 32.9 Å². The van der Waals surface area contributed by atoms with Gasteiger partial charge >= 0.3 is 0 Å². The SMILES string of the molecule is Cc1ccc2c(c1C)CCC2C. The average Bonchev–Trinajstić information content (AvgIpc) is 2.41. The fraction of sp³-hybridized carbons (Fsp3) is 0.500. The van der Waals surface area contributed by atoms with E-state index in [-0.39, 0.29) is 0 Å². The molecule has 0 radical (unpaired) electrons. The van der Waals surface area contributed by atoms with E-state index >= 15 is 0 Å². The van der Waals surface area contributed by atoms with Gasteiger partial charge in [0.15, 0.2) is 0 Å². The fourth-order valence-corrected chi connectivity index (χ4v) is 2.20. The van der Waals surface area contributed by atoms with Gasteiger partial charge in [0.1, 0.15) is 0 Å². The van der Waals surface area contributed by atoms with Gasteiger partial charge in [0.05, 0.1) is 0 Å². The first-order chi connectivity index (χ1) is 5.70. The molecule has 0 aliphatic heterocycles. The Bertz CT molecular complexity index is 310. The molecule has 1 atom stereocenters. The maximum atomic E-state index is 2.33. The van der Waals surface area contributed by atoms with Gasteiger partial charge in [-0.1, -0.05) is 19.1 Å². The predicted octanol–water partition coefficient (Wildman–Crippen LogP) is 3.35. The second kappa shape index (κ2) is 2.62. The van der Waals surface area contributed by atoms with E-state index in [1.807, 2.05) is 0 Å². The minimum absolute atomic E-state index is 0.791. The molecule has 0 saturated carbocycles. The van der Waals surface area contributed by atoms with Gasteiger partial charge in [0.2, 0.25) is 0 Å². The summed E-state index contributed by atoms with van der Waals surface area (Å²) >= 11 is 0. The molecule has 1 aliphatic carbocycles. The van der Waals surface area contributed by atoms with Gasteiger partial charge in [-0.3, -0.25) is 0 Å². The van der Waals surface area contributed by atoms with E-state index in [1.165, 1.54) is 24.0 Å². The molecule has 0 amide bonds. The summed E-state index contributed by atoms with van der Waals surface area (Å²) in [4.78, 5) is 0.